The lowest BCUT2D eigenvalue weighted by Crippen LogP contribution is -2.15. The Hall–Kier alpha value is -2.33. The van der Waals surface area contributed by atoms with E-state index < -0.39 is 5.91 Å². The molecule has 2 rings (SSSR count). The van der Waals surface area contributed by atoms with Crippen molar-refractivity contribution in [2.24, 2.45) is 0 Å². The summed E-state index contributed by atoms with van der Waals surface area (Å²) in [4.78, 5) is 12.2. The smallest absolute Gasteiger partial charge is 0.278 e. The highest BCUT2D eigenvalue weighted by Gasteiger charge is 2.19. The number of carbonyl (C=O) groups excluding carboxylic acids is 1. The number of anilines is 2. The second-order valence-corrected chi connectivity index (χ2v) is 5.73. The first kappa shape index (κ1) is 15.1. The fourth-order valence-electron chi connectivity index (χ4n) is 1.88. The van der Waals surface area contributed by atoms with Crippen molar-refractivity contribution in [1.82, 2.24) is 10.2 Å². The van der Waals surface area contributed by atoms with Crippen LogP contribution in [0.4, 0.5) is 11.4 Å². The minimum Gasteiger partial charge on any atom is -0.395 e. The van der Waals surface area contributed by atoms with Gasteiger partial charge in [-0.25, -0.2) is 0 Å². The summed E-state index contributed by atoms with van der Waals surface area (Å²) in [7, 11) is 0. The predicted molar refractivity (Wildman–Crippen MR) is 83.9 cm³/mol. The standard InChI is InChI=1S/C14H14BrN5O/c1-7(2)12-11(17)13(20-19-12)14(21)18-10-4-3-9(15)5-8(10)6-16/h3-5,7H,17H2,1-2H3,(H,18,21)(H,19,20). The van der Waals surface area contributed by atoms with Crippen LogP contribution in [-0.4, -0.2) is 16.1 Å². The molecule has 0 unspecified atom stereocenters. The molecule has 0 aliphatic heterocycles. The number of hydrogen-bond donors (Lipinski definition) is 3. The van der Waals surface area contributed by atoms with Crippen molar-refractivity contribution >= 4 is 33.2 Å². The molecule has 0 atom stereocenters. The number of hydrogen-bond acceptors (Lipinski definition) is 4. The first-order chi connectivity index (χ1) is 9.93. The summed E-state index contributed by atoms with van der Waals surface area (Å²) in [5, 5.41) is 18.5. The van der Waals surface area contributed by atoms with Gasteiger partial charge < -0.3 is 11.1 Å². The van der Waals surface area contributed by atoms with Crippen molar-refractivity contribution in [3.05, 3.63) is 39.6 Å². The highest BCUT2D eigenvalue weighted by molar-refractivity contribution is 9.10. The van der Waals surface area contributed by atoms with E-state index in [1.807, 2.05) is 19.9 Å². The van der Waals surface area contributed by atoms with Crippen LogP contribution in [0.2, 0.25) is 0 Å². The monoisotopic (exact) mass is 347 g/mol. The highest BCUT2D eigenvalue weighted by atomic mass is 79.9. The third kappa shape index (κ3) is 3.06. The fourth-order valence-corrected chi connectivity index (χ4v) is 2.24. The van der Waals surface area contributed by atoms with Crippen LogP contribution in [-0.2, 0) is 0 Å². The summed E-state index contributed by atoms with van der Waals surface area (Å²) < 4.78 is 0.762. The van der Waals surface area contributed by atoms with E-state index in [-0.39, 0.29) is 11.6 Å². The van der Waals surface area contributed by atoms with Gasteiger partial charge in [0, 0.05) is 4.47 Å². The van der Waals surface area contributed by atoms with E-state index in [0.717, 1.165) is 10.2 Å². The van der Waals surface area contributed by atoms with Crippen molar-refractivity contribution in [1.29, 1.82) is 5.26 Å². The average Bonchev–Trinajstić information content (AvgIpc) is 2.82. The fraction of sp³-hybridized carbons (Fsp3) is 0.214. The number of benzene rings is 1. The third-order valence-electron chi connectivity index (χ3n) is 2.98. The van der Waals surface area contributed by atoms with Crippen LogP contribution in [0, 0.1) is 11.3 Å². The number of amides is 1. The van der Waals surface area contributed by atoms with Gasteiger partial charge in [-0.15, -0.1) is 0 Å². The molecule has 4 N–H and O–H groups in total. The minimum absolute atomic E-state index is 0.130. The summed E-state index contributed by atoms with van der Waals surface area (Å²) in [6.07, 6.45) is 0. The van der Waals surface area contributed by atoms with Gasteiger partial charge in [-0.1, -0.05) is 29.8 Å². The molecule has 21 heavy (non-hydrogen) atoms. The van der Waals surface area contributed by atoms with Crippen LogP contribution in [0.25, 0.3) is 0 Å². The molecule has 1 aromatic carbocycles. The van der Waals surface area contributed by atoms with E-state index in [0.29, 0.717) is 16.9 Å². The van der Waals surface area contributed by atoms with Crippen molar-refractivity contribution in [2.75, 3.05) is 11.1 Å². The van der Waals surface area contributed by atoms with E-state index in [1.165, 1.54) is 0 Å². The number of halogens is 1. The Morgan fingerprint density at radius 3 is 2.81 bits per heavy atom. The maximum atomic E-state index is 12.2. The quantitative estimate of drug-likeness (QED) is 0.792. The Bertz CT molecular complexity index is 729. The van der Waals surface area contributed by atoms with Gasteiger partial charge >= 0.3 is 0 Å². The van der Waals surface area contributed by atoms with Crippen LogP contribution in [0.5, 0.6) is 0 Å². The van der Waals surface area contributed by atoms with Crippen molar-refractivity contribution in [3.8, 4) is 6.07 Å². The Labute approximate surface area is 130 Å². The molecule has 0 radical (unpaired) electrons. The number of nitrogen functional groups attached to an aromatic ring is 1. The molecule has 0 aliphatic rings. The molecule has 1 aromatic heterocycles. The Balaban J connectivity index is 2.29. The Kier molecular flexibility index (Phi) is 4.29. The van der Waals surface area contributed by atoms with Crippen LogP contribution in [0.15, 0.2) is 22.7 Å². The molecule has 2 aromatic rings. The maximum Gasteiger partial charge on any atom is 0.278 e. The topological polar surface area (TPSA) is 108 Å². The number of nitrogens with two attached hydrogens (primary N) is 1. The number of aromatic nitrogens is 2. The second kappa shape index (κ2) is 5.97. The number of nitriles is 1. The zero-order chi connectivity index (χ0) is 15.6. The van der Waals surface area contributed by atoms with Crippen LogP contribution >= 0.6 is 15.9 Å². The summed E-state index contributed by atoms with van der Waals surface area (Å²) in [6.45, 7) is 3.90. The first-order valence-electron chi connectivity index (χ1n) is 6.28. The number of nitrogens with zero attached hydrogens (tertiary/aromatic N) is 2. The van der Waals surface area contributed by atoms with E-state index in [9.17, 15) is 4.79 Å². The molecule has 0 bridgehead atoms. The van der Waals surface area contributed by atoms with Gasteiger partial charge in [0.1, 0.15) is 6.07 Å². The predicted octanol–water partition coefficient (Wildman–Crippen LogP) is 3.00. The summed E-state index contributed by atoms with van der Waals surface area (Å²) in [5.74, 6) is -0.309. The molecule has 6 nitrogen and oxygen atoms in total. The van der Waals surface area contributed by atoms with Gasteiger partial charge in [0.05, 0.1) is 22.6 Å². The number of aromatic amines is 1. The van der Waals surface area contributed by atoms with Gasteiger partial charge in [0.15, 0.2) is 5.69 Å². The van der Waals surface area contributed by atoms with Gasteiger partial charge in [-0.05, 0) is 24.1 Å². The van der Waals surface area contributed by atoms with E-state index in [1.54, 1.807) is 18.2 Å². The van der Waals surface area contributed by atoms with E-state index in [4.69, 9.17) is 11.0 Å². The molecule has 0 saturated heterocycles. The summed E-state index contributed by atoms with van der Waals surface area (Å²) in [6, 6.07) is 7.04. The molecule has 108 valence electrons. The highest BCUT2D eigenvalue weighted by Crippen LogP contribution is 2.24. The first-order valence-corrected chi connectivity index (χ1v) is 7.08. The van der Waals surface area contributed by atoms with E-state index in [2.05, 4.69) is 31.4 Å². The van der Waals surface area contributed by atoms with Crippen LogP contribution in [0.3, 0.4) is 0 Å². The number of H-pyrrole nitrogens is 1. The summed E-state index contributed by atoms with van der Waals surface area (Å²) in [5.41, 5.74) is 7.88. The minimum atomic E-state index is -0.450. The lowest BCUT2D eigenvalue weighted by molar-refractivity contribution is 0.102. The summed E-state index contributed by atoms with van der Waals surface area (Å²) >= 11 is 3.28. The van der Waals surface area contributed by atoms with Gasteiger partial charge in [0.2, 0.25) is 0 Å². The zero-order valence-electron chi connectivity index (χ0n) is 11.6. The average molecular weight is 348 g/mol. The molecule has 1 amide bonds. The second-order valence-electron chi connectivity index (χ2n) is 4.81. The molecule has 0 fully saturated rings. The molecular formula is C14H14BrN5O. The zero-order valence-corrected chi connectivity index (χ0v) is 13.2. The molecular weight excluding hydrogens is 334 g/mol. The number of rotatable bonds is 3. The van der Waals surface area contributed by atoms with Gasteiger partial charge in [-0.2, -0.15) is 10.4 Å². The van der Waals surface area contributed by atoms with Crippen molar-refractivity contribution < 1.29 is 4.79 Å². The SMILES string of the molecule is CC(C)c1[nH]nc(C(=O)Nc2ccc(Br)cc2C#N)c1N. The number of nitrogens with one attached hydrogen (secondary N) is 2. The largest absolute Gasteiger partial charge is 0.395 e. The molecule has 7 heteroatoms. The lowest BCUT2D eigenvalue weighted by atomic mass is 10.1. The Morgan fingerprint density at radius 2 is 2.24 bits per heavy atom. The molecule has 0 spiro atoms. The normalized spacial score (nSPS) is 10.4. The maximum absolute atomic E-state index is 12.2. The van der Waals surface area contributed by atoms with E-state index >= 15 is 0 Å². The van der Waals surface area contributed by atoms with Crippen LogP contribution in [0.1, 0.15) is 41.5 Å². The Morgan fingerprint density at radius 1 is 1.52 bits per heavy atom. The van der Waals surface area contributed by atoms with Crippen molar-refractivity contribution in [3.63, 3.8) is 0 Å². The number of carbonyl (C=O) groups is 1. The molecule has 0 aliphatic carbocycles. The van der Waals surface area contributed by atoms with Gasteiger partial charge in [0.25, 0.3) is 5.91 Å². The lowest BCUT2D eigenvalue weighted by Gasteiger charge is -2.07. The van der Waals surface area contributed by atoms with Gasteiger partial charge in [-0.3, -0.25) is 9.89 Å². The van der Waals surface area contributed by atoms with Crippen LogP contribution < -0.4 is 11.1 Å². The van der Waals surface area contributed by atoms with Crippen molar-refractivity contribution in [2.45, 2.75) is 19.8 Å². The molecule has 0 saturated carbocycles. The third-order valence-corrected chi connectivity index (χ3v) is 3.47. The molecule has 1 heterocycles.